The van der Waals surface area contributed by atoms with Gasteiger partial charge < -0.3 is 19.3 Å². The number of hydrogen-bond donors (Lipinski definition) is 0. The molecule has 202 valence electrons. The zero-order valence-corrected chi connectivity index (χ0v) is 22.9. The van der Waals surface area contributed by atoms with Crippen LogP contribution >= 0.6 is 0 Å². The van der Waals surface area contributed by atoms with Gasteiger partial charge >= 0.3 is 0 Å². The number of piperidine rings is 1. The van der Waals surface area contributed by atoms with Crippen molar-refractivity contribution in [3.8, 4) is 5.75 Å². The van der Waals surface area contributed by atoms with Gasteiger partial charge in [0.25, 0.3) is 0 Å². The van der Waals surface area contributed by atoms with Gasteiger partial charge in [0, 0.05) is 63.3 Å². The van der Waals surface area contributed by atoms with Gasteiger partial charge in [-0.25, -0.2) is 9.97 Å². The second kappa shape index (κ2) is 11.5. The van der Waals surface area contributed by atoms with Gasteiger partial charge in [-0.3, -0.25) is 4.90 Å². The van der Waals surface area contributed by atoms with Crippen LogP contribution in [0.1, 0.15) is 55.3 Å². The van der Waals surface area contributed by atoms with Gasteiger partial charge in [0.1, 0.15) is 17.4 Å². The lowest BCUT2D eigenvalue weighted by Gasteiger charge is -2.35. The molecule has 7 heteroatoms. The summed E-state index contributed by atoms with van der Waals surface area (Å²) in [6.45, 7) is 7.78. The first-order chi connectivity index (χ1) is 18.7. The third-order valence-corrected chi connectivity index (χ3v) is 8.82. The monoisotopic (exact) mass is 515 g/mol. The van der Waals surface area contributed by atoms with Crippen LogP contribution in [0.3, 0.4) is 0 Å². The lowest BCUT2D eigenvalue weighted by Crippen LogP contribution is -2.40. The number of hydrogen-bond acceptors (Lipinski definition) is 7. The topological polar surface area (TPSA) is 54.0 Å². The van der Waals surface area contributed by atoms with Crippen molar-refractivity contribution in [3.63, 3.8) is 0 Å². The van der Waals surface area contributed by atoms with Gasteiger partial charge in [0.2, 0.25) is 0 Å². The summed E-state index contributed by atoms with van der Waals surface area (Å²) >= 11 is 0. The highest BCUT2D eigenvalue weighted by molar-refractivity contribution is 5.92. The number of para-hydroxylation sites is 1. The molecule has 1 saturated carbocycles. The second-order valence-corrected chi connectivity index (χ2v) is 11.1. The van der Waals surface area contributed by atoms with Crippen LogP contribution in [0.25, 0.3) is 10.9 Å². The minimum atomic E-state index is 0.514. The SMILES string of the molecule is COc1ccccc1C1CCN(c2nc(C3CCC3)nc3ccc(N(C)CCN4CCOCC4)cc23)CC1. The fourth-order valence-corrected chi connectivity index (χ4v) is 6.10. The van der Waals surface area contributed by atoms with Crippen LogP contribution in [0, 0.1) is 0 Å². The van der Waals surface area contributed by atoms with E-state index in [4.69, 9.17) is 19.4 Å². The number of ether oxygens (including phenoxy) is 2. The Morgan fingerprint density at radius 2 is 1.74 bits per heavy atom. The zero-order valence-electron chi connectivity index (χ0n) is 22.9. The van der Waals surface area contributed by atoms with Crippen LogP contribution in [-0.4, -0.2) is 81.5 Å². The molecule has 0 radical (unpaired) electrons. The van der Waals surface area contributed by atoms with Crippen molar-refractivity contribution in [1.82, 2.24) is 14.9 Å². The average molecular weight is 516 g/mol. The van der Waals surface area contributed by atoms with E-state index in [-0.39, 0.29) is 0 Å². The molecule has 2 aliphatic heterocycles. The second-order valence-electron chi connectivity index (χ2n) is 11.1. The Morgan fingerprint density at radius 3 is 2.47 bits per heavy atom. The van der Waals surface area contributed by atoms with E-state index in [1.54, 1.807) is 7.11 Å². The van der Waals surface area contributed by atoms with E-state index in [9.17, 15) is 0 Å². The molecule has 0 atom stereocenters. The summed E-state index contributed by atoms with van der Waals surface area (Å²) < 4.78 is 11.2. The maximum absolute atomic E-state index is 5.67. The summed E-state index contributed by atoms with van der Waals surface area (Å²) in [5.74, 6) is 4.21. The van der Waals surface area contributed by atoms with Crippen molar-refractivity contribution >= 4 is 22.4 Å². The molecule has 0 bridgehead atoms. The number of rotatable bonds is 8. The van der Waals surface area contributed by atoms with Gasteiger partial charge in [0.15, 0.2) is 0 Å². The van der Waals surface area contributed by atoms with Crippen LogP contribution in [0.4, 0.5) is 11.5 Å². The molecule has 7 nitrogen and oxygen atoms in total. The Hall–Kier alpha value is -2.90. The van der Waals surface area contributed by atoms with Gasteiger partial charge in [-0.15, -0.1) is 0 Å². The maximum atomic E-state index is 5.67. The summed E-state index contributed by atoms with van der Waals surface area (Å²) in [6, 6.07) is 15.3. The summed E-state index contributed by atoms with van der Waals surface area (Å²) in [4.78, 5) is 17.7. The van der Waals surface area contributed by atoms with Crippen molar-refractivity contribution in [2.24, 2.45) is 0 Å². The molecule has 38 heavy (non-hydrogen) atoms. The largest absolute Gasteiger partial charge is 0.496 e. The van der Waals surface area contributed by atoms with Crippen LogP contribution in [-0.2, 0) is 4.74 Å². The number of likely N-dealkylation sites (N-methyl/N-ethyl adjacent to an activating group) is 1. The van der Waals surface area contributed by atoms with Crippen LogP contribution < -0.4 is 14.5 Å². The van der Waals surface area contributed by atoms with Crippen molar-refractivity contribution in [3.05, 3.63) is 53.9 Å². The fraction of sp³-hybridized carbons (Fsp3) is 0.548. The lowest BCUT2D eigenvalue weighted by atomic mass is 9.84. The van der Waals surface area contributed by atoms with Gasteiger partial charge in [-0.2, -0.15) is 0 Å². The van der Waals surface area contributed by atoms with E-state index >= 15 is 0 Å². The van der Waals surface area contributed by atoms with E-state index in [1.807, 2.05) is 0 Å². The number of methoxy groups -OCH3 is 1. The lowest BCUT2D eigenvalue weighted by molar-refractivity contribution is 0.0393. The molecule has 3 aliphatic rings. The Labute approximate surface area is 226 Å². The summed E-state index contributed by atoms with van der Waals surface area (Å²) in [7, 11) is 3.97. The third-order valence-electron chi connectivity index (χ3n) is 8.82. The quantitative estimate of drug-likeness (QED) is 0.416. The molecule has 0 N–H and O–H groups in total. The highest BCUT2D eigenvalue weighted by Crippen LogP contribution is 2.40. The number of benzene rings is 2. The standard InChI is InChI=1S/C31H41N5O2/c1-34(16-17-35-18-20-38-21-19-35)25-10-11-28-27(22-25)31(33-30(32-28)24-6-5-7-24)36-14-12-23(13-15-36)26-8-3-4-9-29(26)37-2/h3-4,8-11,22-24H,5-7,12-21H2,1-2H3. The Morgan fingerprint density at radius 1 is 0.947 bits per heavy atom. The van der Waals surface area contributed by atoms with Gasteiger partial charge in [-0.05, 0) is 61.4 Å². The van der Waals surface area contributed by atoms with Crippen LogP contribution in [0.2, 0.25) is 0 Å². The summed E-state index contributed by atoms with van der Waals surface area (Å²) in [5.41, 5.74) is 3.64. The summed E-state index contributed by atoms with van der Waals surface area (Å²) in [5, 5.41) is 1.18. The molecule has 0 spiro atoms. The average Bonchev–Trinajstić information content (AvgIpc) is 2.95. The Bertz CT molecular complexity index is 1230. The molecular weight excluding hydrogens is 474 g/mol. The van der Waals surface area contributed by atoms with Crippen LogP contribution in [0.5, 0.6) is 5.75 Å². The first-order valence-electron chi connectivity index (χ1n) is 14.4. The first-order valence-corrected chi connectivity index (χ1v) is 14.4. The molecular formula is C31H41N5O2. The minimum Gasteiger partial charge on any atom is -0.496 e. The Balaban J connectivity index is 1.24. The van der Waals surface area contributed by atoms with Gasteiger partial charge in [0.05, 0.1) is 25.8 Å². The molecule has 3 aromatic rings. The number of anilines is 2. The summed E-state index contributed by atoms with van der Waals surface area (Å²) in [6.07, 6.45) is 5.92. The third kappa shape index (κ3) is 5.32. The van der Waals surface area contributed by atoms with E-state index in [0.717, 1.165) is 88.2 Å². The molecule has 0 amide bonds. The Kier molecular flexibility index (Phi) is 7.65. The number of morpholine rings is 1. The normalized spacial score (nSPS) is 19.5. The van der Waals surface area contributed by atoms with Crippen molar-refractivity contribution in [2.75, 3.05) is 76.4 Å². The minimum absolute atomic E-state index is 0.514. The van der Waals surface area contributed by atoms with E-state index in [2.05, 4.69) is 64.2 Å². The molecule has 1 aliphatic carbocycles. The van der Waals surface area contributed by atoms with Gasteiger partial charge in [-0.1, -0.05) is 24.6 Å². The molecule has 3 fully saturated rings. The highest BCUT2D eigenvalue weighted by atomic mass is 16.5. The number of fused-ring (bicyclic) bond motifs is 1. The van der Waals surface area contributed by atoms with Crippen molar-refractivity contribution in [1.29, 1.82) is 0 Å². The van der Waals surface area contributed by atoms with E-state index < -0.39 is 0 Å². The zero-order chi connectivity index (χ0) is 25.9. The van der Waals surface area contributed by atoms with Crippen molar-refractivity contribution < 1.29 is 9.47 Å². The van der Waals surface area contributed by atoms with Crippen molar-refractivity contribution in [2.45, 2.75) is 43.9 Å². The predicted octanol–water partition coefficient (Wildman–Crippen LogP) is 5.06. The molecule has 2 aromatic carbocycles. The molecule has 3 heterocycles. The number of nitrogens with zero attached hydrogens (tertiary/aromatic N) is 5. The molecule has 1 aromatic heterocycles. The molecule has 0 unspecified atom stereocenters. The smallest absolute Gasteiger partial charge is 0.140 e. The predicted molar refractivity (Wildman–Crippen MR) is 154 cm³/mol. The van der Waals surface area contributed by atoms with E-state index in [0.29, 0.717) is 11.8 Å². The molecule has 6 rings (SSSR count). The maximum Gasteiger partial charge on any atom is 0.140 e. The van der Waals surface area contributed by atoms with Crippen LogP contribution in [0.15, 0.2) is 42.5 Å². The highest BCUT2D eigenvalue weighted by Gasteiger charge is 2.28. The molecule has 2 saturated heterocycles. The number of aromatic nitrogens is 2. The fourth-order valence-electron chi connectivity index (χ4n) is 6.10. The van der Waals surface area contributed by atoms with E-state index in [1.165, 1.54) is 35.9 Å². The first kappa shape index (κ1) is 25.4.